The number of rotatable bonds is 5. The summed E-state index contributed by atoms with van der Waals surface area (Å²) in [5, 5.41) is -0.400. The molecule has 1 heterocycles. The van der Waals surface area contributed by atoms with Crippen molar-refractivity contribution >= 4 is 33.6 Å². The van der Waals surface area contributed by atoms with E-state index in [-0.39, 0.29) is 23.8 Å². The van der Waals surface area contributed by atoms with Crippen LogP contribution in [0.1, 0.15) is 16.5 Å². The van der Waals surface area contributed by atoms with E-state index in [1.807, 2.05) is 0 Å². The number of hydrogen-bond donors (Lipinski definition) is 0. The van der Waals surface area contributed by atoms with E-state index in [4.69, 9.17) is 9.47 Å². The van der Waals surface area contributed by atoms with Crippen molar-refractivity contribution in [2.45, 2.75) is 11.9 Å². The first-order valence-electron chi connectivity index (χ1n) is 7.81. The van der Waals surface area contributed by atoms with Crippen LogP contribution in [0.5, 0.6) is 11.5 Å². The van der Waals surface area contributed by atoms with Crippen LogP contribution in [0.15, 0.2) is 28.7 Å². The van der Waals surface area contributed by atoms with Crippen molar-refractivity contribution in [3.05, 3.63) is 57.3 Å². The van der Waals surface area contributed by atoms with Gasteiger partial charge in [0.25, 0.3) is 0 Å². The minimum atomic E-state index is -1.53. The van der Waals surface area contributed by atoms with Crippen LogP contribution >= 0.6 is 27.7 Å². The summed E-state index contributed by atoms with van der Waals surface area (Å²) in [5.41, 5.74) is 0.926. The molecule has 0 spiro atoms. The number of halogens is 4. The first-order chi connectivity index (χ1) is 12.8. The molecule has 0 bridgehead atoms. The Morgan fingerprint density at radius 1 is 1.11 bits per heavy atom. The van der Waals surface area contributed by atoms with Crippen LogP contribution < -0.4 is 9.47 Å². The maximum Gasteiger partial charge on any atom is 0.234 e. The van der Waals surface area contributed by atoms with E-state index >= 15 is 0 Å². The Balaban J connectivity index is 1.95. The van der Waals surface area contributed by atoms with Crippen molar-refractivity contribution < 1.29 is 27.4 Å². The van der Waals surface area contributed by atoms with Crippen molar-refractivity contribution in [1.29, 1.82) is 0 Å². The Morgan fingerprint density at radius 3 is 2.30 bits per heavy atom. The number of methoxy groups -OCH3 is 2. The Labute approximate surface area is 166 Å². The van der Waals surface area contributed by atoms with Gasteiger partial charge in [0.2, 0.25) is 5.91 Å². The molecule has 1 atom stereocenters. The summed E-state index contributed by atoms with van der Waals surface area (Å²) in [6.07, 6.45) is 0. The molecule has 144 valence electrons. The number of benzene rings is 2. The molecule has 9 heteroatoms. The summed E-state index contributed by atoms with van der Waals surface area (Å²) in [6, 6.07) is 5.27. The molecule has 1 fully saturated rings. The predicted molar refractivity (Wildman–Crippen MR) is 99.3 cm³/mol. The average Bonchev–Trinajstić information content (AvgIpc) is 2.99. The van der Waals surface area contributed by atoms with Gasteiger partial charge in [-0.15, -0.1) is 11.8 Å². The van der Waals surface area contributed by atoms with Gasteiger partial charge in [-0.1, -0.05) is 15.9 Å². The first-order valence-corrected chi connectivity index (χ1v) is 9.65. The van der Waals surface area contributed by atoms with Crippen molar-refractivity contribution in [2.24, 2.45) is 0 Å². The lowest BCUT2D eigenvalue weighted by molar-refractivity contribution is -0.128. The highest BCUT2D eigenvalue weighted by atomic mass is 79.9. The lowest BCUT2D eigenvalue weighted by Crippen LogP contribution is -2.28. The standard InChI is InChI=1S/C18H15BrF3NO3S/c1-25-14-5-10(11(19)6-15(14)26-2)18-23(16(24)8-27-18)7-9-3-12(20)17(22)13(21)4-9/h3-6,18H,7-8H2,1-2H3. The van der Waals surface area contributed by atoms with Gasteiger partial charge in [-0.2, -0.15) is 0 Å². The SMILES string of the molecule is COc1cc(Br)c(C2SCC(=O)N2Cc2cc(F)c(F)c(F)c2)cc1OC. The molecule has 1 aliphatic rings. The highest BCUT2D eigenvalue weighted by Gasteiger charge is 2.35. The lowest BCUT2D eigenvalue weighted by Gasteiger charge is -2.26. The third-order valence-corrected chi connectivity index (χ3v) is 6.06. The van der Waals surface area contributed by atoms with E-state index in [0.717, 1.165) is 17.7 Å². The fourth-order valence-electron chi connectivity index (χ4n) is 2.84. The van der Waals surface area contributed by atoms with Crippen molar-refractivity contribution in [3.8, 4) is 11.5 Å². The maximum atomic E-state index is 13.5. The number of hydrogen-bond acceptors (Lipinski definition) is 4. The van der Waals surface area contributed by atoms with Gasteiger partial charge in [-0.25, -0.2) is 13.2 Å². The predicted octanol–water partition coefficient (Wildman–Crippen LogP) is 4.66. The van der Waals surface area contributed by atoms with E-state index in [1.54, 1.807) is 12.1 Å². The molecular formula is C18H15BrF3NO3S. The van der Waals surface area contributed by atoms with Crippen LogP contribution in [0.4, 0.5) is 13.2 Å². The zero-order valence-electron chi connectivity index (χ0n) is 14.4. The third-order valence-electron chi connectivity index (χ3n) is 4.13. The zero-order valence-corrected chi connectivity index (χ0v) is 16.8. The van der Waals surface area contributed by atoms with Gasteiger partial charge in [0.15, 0.2) is 29.0 Å². The molecule has 2 aromatic rings. The molecule has 1 unspecified atom stereocenters. The zero-order chi connectivity index (χ0) is 19.7. The quantitative estimate of drug-likeness (QED) is 0.607. The highest BCUT2D eigenvalue weighted by molar-refractivity contribution is 9.10. The van der Waals surface area contributed by atoms with E-state index < -0.39 is 22.8 Å². The third kappa shape index (κ3) is 3.89. The summed E-state index contributed by atoms with van der Waals surface area (Å²) in [6.45, 7) is -0.0502. The van der Waals surface area contributed by atoms with Gasteiger partial charge < -0.3 is 14.4 Å². The monoisotopic (exact) mass is 461 g/mol. The first kappa shape index (κ1) is 19.9. The normalized spacial score (nSPS) is 16.7. The van der Waals surface area contributed by atoms with Crippen LogP contribution in [0, 0.1) is 17.5 Å². The molecule has 4 nitrogen and oxygen atoms in total. The number of carbonyl (C=O) groups excluding carboxylic acids is 1. The Kier molecular flexibility index (Phi) is 5.90. The van der Waals surface area contributed by atoms with Crippen LogP contribution in [0.2, 0.25) is 0 Å². The van der Waals surface area contributed by atoms with E-state index in [9.17, 15) is 18.0 Å². The second-order valence-corrected chi connectivity index (χ2v) is 7.71. The van der Waals surface area contributed by atoms with E-state index in [0.29, 0.717) is 16.0 Å². The smallest absolute Gasteiger partial charge is 0.234 e. The van der Waals surface area contributed by atoms with Crippen molar-refractivity contribution in [3.63, 3.8) is 0 Å². The van der Waals surface area contributed by atoms with Gasteiger partial charge >= 0.3 is 0 Å². The molecule has 1 amide bonds. The summed E-state index contributed by atoms with van der Waals surface area (Å²) >= 11 is 4.85. The Bertz CT molecular complexity index is 873. The number of ether oxygens (including phenoxy) is 2. The summed E-state index contributed by atoms with van der Waals surface area (Å²) in [7, 11) is 3.02. The highest BCUT2D eigenvalue weighted by Crippen LogP contribution is 2.45. The number of nitrogens with zero attached hydrogens (tertiary/aromatic N) is 1. The summed E-state index contributed by atoms with van der Waals surface area (Å²) < 4.78 is 51.5. The molecule has 27 heavy (non-hydrogen) atoms. The van der Waals surface area contributed by atoms with Crippen LogP contribution in [0.3, 0.4) is 0 Å². The minimum absolute atomic E-state index is 0.0502. The minimum Gasteiger partial charge on any atom is -0.493 e. The molecule has 0 aromatic heterocycles. The number of carbonyl (C=O) groups is 1. The molecule has 1 saturated heterocycles. The maximum absolute atomic E-state index is 13.5. The van der Waals surface area contributed by atoms with E-state index in [1.165, 1.54) is 30.9 Å². The fourth-order valence-corrected chi connectivity index (χ4v) is 4.74. The number of amides is 1. The topological polar surface area (TPSA) is 38.8 Å². The fraction of sp³-hybridized carbons (Fsp3) is 0.278. The van der Waals surface area contributed by atoms with Crippen LogP contribution in [-0.2, 0) is 11.3 Å². The Morgan fingerprint density at radius 2 is 1.70 bits per heavy atom. The van der Waals surface area contributed by atoms with Gasteiger partial charge in [-0.3, -0.25) is 4.79 Å². The Hall–Kier alpha value is -1.87. The molecular weight excluding hydrogens is 447 g/mol. The van der Waals surface area contributed by atoms with Gasteiger partial charge in [0, 0.05) is 16.6 Å². The second-order valence-electron chi connectivity index (χ2n) is 5.79. The van der Waals surface area contributed by atoms with Gasteiger partial charge in [-0.05, 0) is 29.8 Å². The van der Waals surface area contributed by atoms with Crippen molar-refractivity contribution in [2.75, 3.05) is 20.0 Å². The lowest BCUT2D eigenvalue weighted by atomic mass is 10.1. The summed E-state index contributed by atoms with van der Waals surface area (Å²) in [4.78, 5) is 13.8. The van der Waals surface area contributed by atoms with E-state index in [2.05, 4.69) is 15.9 Å². The summed E-state index contributed by atoms with van der Waals surface area (Å²) in [5.74, 6) is -3.04. The second kappa shape index (κ2) is 8.02. The molecule has 0 N–H and O–H groups in total. The number of thioether (sulfide) groups is 1. The average molecular weight is 462 g/mol. The van der Waals surface area contributed by atoms with Crippen LogP contribution in [-0.4, -0.2) is 30.8 Å². The van der Waals surface area contributed by atoms with Gasteiger partial charge in [0.05, 0.1) is 20.0 Å². The van der Waals surface area contributed by atoms with Gasteiger partial charge in [0.1, 0.15) is 5.37 Å². The molecule has 3 rings (SSSR count). The largest absolute Gasteiger partial charge is 0.493 e. The van der Waals surface area contributed by atoms with Crippen LogP contribution in [0.25, 0.3) is 0 Å². The molecule has 2 aromatic carbocycles. The molecule has 0 aliphatic carbocycles. The van der Waals surface area contributed by atoms with Crippen molar-refractivity contribution in [1.82, 2.24) is 4.90 Å². The molecule has 1 aliphatic heterocycles. The molecule has 0 radical (unpaired) electrons. The molecule has 0 saturated carbocycles.